The van der Waals surface area contributed by atoms with E-state index in [0.717, 1.165) is 25.1 Å². The Labute approximate surface area is 66.1 Å². The highest BCUT2D eigenvalue weighted by atomic mass is 16.1. The molecular formula is C8H12N2O. The van der Waals surface area contributed by atoms with Crippen LogP contribution in [0.3, 0.4) is 0 Å². The molecule has 1 rings (SSSR count). The molecule has 0 saturated carbocycles. The lowest BCUT2D eigenvalue weighted by Crippen LogP contribution is -1.98. The van der Waals surface area contributed by atoms with Crippen LogP contribution in [0.1, 0.15) is 18.7 Å². The smallest absolute Gasteiger partial charge is 0.120 e. The molecule has 3 heteroatoms. The Bertz CT molecular complexity index is 230. The third kappa shape index (κ3) is 2.18. The first-order chi connectivity index (χ1) is 5.34. The van der Waals surface area contributed by atoms with Gasteiger partial charge in [0, 0.05) is 25.4 Å². The van der Waals surface area contributed by atoms with Gasteiger partial charge >= 0.3 is 0 Å². The lowest BCUT2D eigenvalue weighted by molar-refractivity contribution is -0.107. The van der Waals surface area contributed by atoms with Gasteiger partial charge in [0.1, 0.15) is 12.1 Å². The average molecular weight is 152 g/mol. The van der Waals surface area contributed by atoms with Crippen LogP contribution in [0.4, 0.5) is 0 Å². The maximum Gasteiger partial charge on any atom is 0.120 e. The highest BCUT2D eigenvalue weighted by molar-refractivity contribution is 5.48. The van der Waals surface area contributed by atoms with Crippen molar-refractivity contribution in [1.82, 2.24) is 9.55 Å². The molecule has 0 aliphatic rings. The third-order valence-corrected chi connectivity index (χ3v) is 1.64. The van der Waals surface area contributed by atoms with Gasteiger partial charge in [-0.3, -0.25) is 0 Å². The molecule has 1 aromatic rings. The van der Waals surface area contributed by atoms with Crippen molar-refractivity contribution < 1.29 is 4.79 Å². The van der Waals surface area contributed by atoms with Crippen LogP contribution < -0.4 is 0 Å². The van der Waals surface area contributed by atoms with Gasteiger partial charge < -0.3 is 9.36 Å². The monoisotopic (exact) mass is 152 g/mol. The van der Waals surface area contributed by atoms with E-state index in [9.17, 15) is 4.79 Å². The number of hydrogen-bond acceptors (Lipinski definition) is 2. The van der Waals surface area contributed by atoms with Gasteiger partial charge in [0.2, 0.25) is 0 Å². The molecule has 0 amide bonds. The maximum atomic E-state index is 9.99. The predicted octanol–water partition coefficient (Wildman–Crippen LogP) is 1.17. The molecule has 60 valence electrons. The molecule has 1 aromatic heterocycles. The Morgan fingerprint density at radius 1 is 1.73 bits per heavy atom. The van der Waals surface area contributed by atoms with E-state index in [0.29, 0.717) is 6.42 Å². The number of aryl methyl sites for hydroxylation is 2. The van der Waals surface area contributed by atoms with Crippen molar-refractivity contribution >= 4 is 6.29 Å². The summed E-state index contributed by atoms with van der Waals surface area (Å²) >= 11 is 0. The highest BCUT2D eigenvalue weighted by Gasteiger charge is 1.94. The lowest BCUT2D eigenvalue weighted by Gasteiger charge is -2.00. The quantitative estimate of drug-likeness (QED) is 0.479. The normalized spacial score (nSPS) is 9.91. The first kappa shape index (κ1) is 7.98. The van der Waals surface area contributed by atoms with Crippen LogP contribution in [0, 0.1) is 6.92 Å². The van der Waals surface area contributed by atoms with Crippen molar-refractivity contribution in [1.29, 1.82) is 0 Å². The Kier molecular flexibility index (Phi) is 2.83. The van der Waals surface area contributed by atoms with Gasteiger partial charge in [0.05, 0.1) is 0 Å². The number of carbonyl (C=O) groups is 1. The molecule has 0 aromatic carbocycles. The van der Waals surface area contributed by atoms with Gasteiger partial charge in [0.25, 0.3) is 0 Å². The van der Waals surface area contributed by atoms with Gasteiger partial charge in [-0.2, -0.15) is 0 Å². The summed E-state index contributed by atoms with van der Waals surface area (Å²) in [6.07, 6.45) is 6.20. The second-order valence-electron chi connectivity index (χ2n) is 2.48. The van der Waals surface area contributed by atoms with E-state index in [1.54, 1.807) is 6.20 Å². The first-order valence-electron chi connectivity index (χ1n) is 3.76. The van der Waals surface area contributed by atoms with E-state index < -0.39 is 0 Å². The molecule has 0 fully saturated rings. The Hall–Kier alpha value is -1.12. The summed E-state index contributed by atoms with van der Waals surface area (Å²) in [6.45, 7) is 2.85. The third-order valence-electron chi connectivity index (χ3n) is 1.64. The van der Waals surface area contributed by atoms with E-state index in [2.05, 4.69) is 4.98 Å². The van der Waals surface area contributed by atoms with Crippen molar-refractivity contribution in [3.8, 4) is 0 Å². The predicted molar refractivity (Wildman–Crippen MR) is 42.3 cm³/mol. The van der Waals surface area contributed by atoms with Crippen molar-refractivity contribution in [2.75, 3.05) is 0 Å². The Balaban J connectivity index is 2.38. The second-order valence-corrected chi connectivity index (χ2v) is 2.48. The molecule has 0 spiro atoms. The van der Waals surface area contributed by atoms with E-state index >= 15 is 0 Å². The van der Waals surface area contributed by atoms with Crippen LogP contribution in [0.25, 0.3) is 0 Å². The summed E-state index contributed by atoms with van der Waals surface area (Å²) in [4.78, 5) is 14.1. The first-order valence-corrected chi connectivity index (χ1v) is 3.76. The van der Waals surface area contributed by atoms with Gasteiger partial charge in [0.15, 0.2) is 0 Å². The molecule has 0 radical (unpaired) electrons. The molecule has 1 heterocycles. The molecule has 3 nitrogen and oxygen atoms in total. The van der Waals surface area contributed by atoms with E-state index in [-0.39, 0.29) is 0 Å². The minimum atomic E-state index is 0.637. The molecule has 0 saturated heterocycles. The molecule has 0 unspecified atom stereocenters. The zero-order valence-corrected chi connectivity index (χ0v) is 6.66. The van der Waals surface area contributed by atoms with Crippen LogP contribution in [0.15, 0.2) is 12.4 Å². The molecule has 11 heavy (non-hydrogen) atoms. The molecular weight excluding hydrogens is 140 g/mol. The number of carbonyl (C=O) groups excluding carboxylic acids is 1. The number of hydrogen-bond donors (Lipinski definition) is 0. The topological polar surface area (TPSA) is 34.9 Å². The molecule has 0 aliphatic carbocycles. The van der Waals surface area contributed by atoms with Crippen molar-refractivity contribution in [3.05, 3.63) is 18.2 Å². The fourth-order valence-corrected chi connectivity index (χ4v) is 0.985. The van der Waals surface area contributed by atoms with Gasteiger partial charge in [-0.05, 0) is 13.3 Å². The van der Waals surface area contributed by atoms with Crippen LogP contribution >= 0.6 is 0 Å². The summed E-state index contributed by atoms with van der Waals surface area (Å²) in [5.74, 6) is 1.01. The van der Waals surface area contributed by atoms with Crippen molar-refractivity contribution in [2.45, 2.75) is 26.3 Å². The summed E-state index contributed by atoms with van der Waals surface area (Å²) in [6, 6.07) is 0. The minimum absolute atomic E-state index is 0.637. The zero-order valence-electron chi connectivity index (χ0n) is 6.66. The summed E-state index contributed by atoms with van der Waals surface area (Å²) < 4.78 is 2.05. The fourth-order valence-electron chi connectivity index (χ4n) is 0.985. The summed E-state index contributed by atoms with van der Waals surface area (Å²) in [5.41, 5.74) is 0. The average Bonchev–Trinajstić information content (AvgIpc) is 2.37. The lowest BCUT2D eigenvalue weighted by atomic mass is 10.3. The number of aldehydes is 1. The standard InChI is InChI=1S/C8H12N2O/c1-8-9-4-6-10(8)5-2-3-7-11/h4,6-7H,2-3,5H2,1H3. The maximum absolute atomic E-state index is 9.99. The zero-order chi connectivity index (χ0) is 8.10. The summed E-state index contributed by atoms with van der Waals surface area (Å²) in [5, 5.41) is 0. The number of aromatic nitrogens is 2. The summed E-state index contributed by atoms with van der Waals surface area (Å²) in [7, 11) is 0. The second kappa shape index (κ2) is 3.91. The molecule has 0 aliphatic heterocycles. The van der Waals surface area contributed by atoms with Gasteiger partial charge in [-0.25, -0.2) is 4.98 Å². The fraction of sp³-hybridized carbons (Fsp3) is 0.500. The highest BCUT2D eigenvalue weighted by Crippen LogP contribution is 1.97. The SMILES string of the molecule is Cc1nccn1CCCC=O. The van der Waals surface area contributed by atoms with E-state index in [4.69, 9.17) is 0 Å². The number of imidazole rings is 1. The van der Waals surface area contributed by atoms with Crippen molar-refractivity contribution in [2.24, 2.45) is 0 Å². The number of rotatable bonds is 4. The van der Waals surface area contributed by atoms with Crippen LogP contribution in [-0.2, 0) is 11.3 Å². The van der Waals surface area contributed by atoms with E-state index in [1.165, 1.54) is 0 Å². The van der Waals surface area contributed by atoms with E-state index in [1.807, 2.05) is 17.7 Å². The van der Waals surface area contributed by atoms with Gasteiger partial charge in [-0.1, -0.05) is 0 Å². The molecule has 0 atom stereocenters. The number of nitrogens with zero attached hydrogens (tertiary/aromatic N) is 2. The van der Waals surface area contributed by atoms with Crippen LogP contribution in [-0.4, -0.2) is 15.8 Å². The number of unbranched alkanes of at least 4 members (excludes halogenated alkanes) is 1. The van der Waals surface area contributed by atoms with Crippen LogP contribution in [0.5, 0.6) is 0 Å². The largest absolute Gasteiger partial charge is 0.335 e. The van der Waals surface area contributed by atoms with Crippen molar-refractivity contribution in [3.63, 3.8) is 0 Å². The van der Waals surface area contributed by atoms with Gasteiger partial charge in [-0.15, -0.1) is 0 Å². The molecule has 0 N–H and O–H groups in total. The van der Waals surface area contributed by atoms with Crippen LogP contribution in [0.2, 0.25) is 0 Å². The minimum Gasteiger partial charge on any atom is -0.335 e. The Morgan fingerprint density at radius 3 is 3.09 bits per heavy atom. The Morgan fingerprint density at radius 2 is 2.55 bits per heavy atom. The molecule has 0 bridgehead atoms.